The summed E-state index contributed by atoms with van der Waals surface area (Å²) in [5.74, 6) is 0. The first-order chi connectivity index (χ1) is 3.42. The summed E-state index contributed by atoms with van der Waals surface area (Å²) in [6, 6.07) is 0. The van der Waals surface area contributed by atoms with Gasteiger partial charge in [0, 0.05) is 6.42 Å². The van der Waals surface area contributed by atoms with Gasteiger partial charge in [0.1, 0.15) is 0 Å². The van der Waals surface area contributed by atoms with Crippen LogP contribution in [0.5, 0.6) is 0 Å². The third-order valence-electron chi connectivity index (χ3n) is 0.707. The van der Waals surface area contributed by atoms with E-state index >= 15 is 0 Å². The van der Waals surface area contributed by atoms with E-state index in [4.69, 9.17) is 0 Å². The molecule has 0 bridgehead atoms. The van der Waals surface area contributed by atoms with Crippen LogP contribution in [-0.4, -0.2) is 6.43 Å². The first-order valence-electron chi connectivity index (χ1n) is 2.55. The largest absolute Gasteiger partial charge is 0.239 e. The molecule has 0 rings (SSSR count). The summed E-state index contributed by atoms with van der Waals surface area (Å²) < 4.78 is 23.0. The fourth-order valence-electron chi connectivity index (χ4n) is 0.418. The number of hydrogen-bond donors (Lipinski definition) is 0. The van der Waals surface area contributed by atoms with Gasteiger partial charge in [0.15, 0.2) is 0 Å². The second-order valence-corrected chi connectivity index (χ2v) is 2.76. The monoisotopic (exact) mass is 121 g/mol. The minimum Gasteiger partial charge on any atom is -0.211 e. The highest BCUT2D eigenvalue weighted by atomic mass is 19.3. The molecule has 0 aromatic rings. The molecule has 0 amide bonds. The molecule has 0 atom stereocenters. The summed E-state index contributed by atoms with van der Waals surface area (Å²) in [5.41, 5.74) is -0.478. The summed E-state index contributed by atoms with van der Waals surface area (Å²) in [5, 5.41) is 0. The number of rotatable bonds is 2. The zero-order chi connectivity index (χ0) is 6.78. The van der Waals surface area contributed by atoms with Crippen LogP contribution in [0, 0.1) is 12.3 Å². The minimum atomic E-state index is -2.22. The lowest BCUT2D eigenvalue weighted by molar-refractivity contribution is 0.103. The van der Waals surface area contributed by atoms with E-state index in [-0.39, 0.29) is 6.42 Å². The predicted octanol–water partition coefficient (Wildman–Crippen LogP) is 2.50. The van der Waals surface area contributed by atoms with Gasteiger partial charge in [-0.15, -0.1) is 0 Å². The maximum atomic E-state index is 11.5. The normalized spacial score (nSPS) is 12.8. The summed E-state index contributed by atoms with van der Waals surface area (Å²) in [6.07, 6.45) is -2.34. The van der Waals surface area contributed by atoms with E-state index in [1.54, 1.807) is 13.8 Å². The van der Waals surface area contributed by atoms with E-state index in [0.717, 1.165) is 0 Å². The van der Waals surface area contributed by atoms with Gasteiger partial charge < -0.3 is 0 Å². The molecule has 0 aliphatic heterocycles. The van der Waals surface area contributed by atoms with Crippen molar-refractivity contribution in [1.82, 2.24) is 0 Å². The molecule has 1 radical (unpaired) electrons. The maximum Gasteiger partial charge on any atom is 0.239 e. The fourth-order valence-corrected chi connectivity index (χ4v) is 0.418. The van der Waals surface area contributed by atoms with Crippen molar-refractivity contribution >= 4 is 0 Å². The van der Waals surface area contributed by atoms with Crippen molar-refractivity contribution in [1.29, 1.82) is 0 Å². The summed E-state index contributed by atoms with van der Waals surface area (Å²) in [7, 11) is 0. The van der Waals surface area contributed by atoms with Crippen LogP contribution in [0.15, 0.2) is 0 Å². The minimum absolute atomic E-state index is 0.118. The lowest BCUT2D eigenvalue weighted by atomic mass is 9.93. The van der Waals surface area contributed by atoms with Crippen molar-refractivity contribution in [3.05, 3.63) is 6.92 Å². The quantitative estimate of drug-likeness (QED) is 0.526. The second-order valence-electron chi connectivity index (χ2n) is 2.76. The molecule has 0 N–H and O–H groups in total. The molecular weight excluding hydrogens is 110 g/mol. The molecule has 0 saturated carbocycles. The Morgan fingerprint density at radius 2 is 1.88 bits per heavy atom. The van der Waals surface area contributed by atoms with Crippen LogP contribution in [0.2, 0.25) is 0 Å². The Labute approximate surface area is 48.9 Å². The van der Waals surface area contributed by atoms with Gasteiger partial charge in [-0.1, -0.05) is 13.8 Å². The van der Waals surface area contributed by atoms with Gasteiger partial charge in [-0.2, -0.15) is 0 Å². The number of halogens is 2. The average Bonchev–Trinajstić information content (AvgIpc) is 1.21. The van der Waals surface area contributed by atoms with Crippen LogP contribution in [0.4, 0.5) is 8.78 Å². The van der Waals surface area contributed by atoms with Gasteiger partial charge in [-0.25, -0.2) is 8.78 Å². The van der Waals surface area contributed by atoms with E-state index < -0.39 is 11.8 Å². The van der Waals surface area contributed by atoms with Gasteiger partial charge in [0.25, 0.3) is 0 Å². The number of hydrogen-bond acceptors (Lipinski definition) is 0. The zero-order valence-corrected chi connectivity index (χ0v) is 5.25. The van der Waals surface area contributed by atoms with E-state index in [1.165, 1.54) is 0 Å². The van der Waals surface area contributed by atoms with Gasteiger partial charge in [0.2, 0.25) is 6.43 Å². The Hall–Kier alpha value is -0.140. The topological polar surface area (TPSA) is 0 Å². The van der Waals surface area contributed by atoms with Crippen molar-refractivity contribution in [3.63, 3.8) is 0 Å². The molecule has 0 heterocycles. The Balaban J connectivity index is 3.39. The van der Waals surface area contributed by atoms with Gasteiger partial charge in [0.05, 0.1) is 0 Å². The Kier molecular flexibility index (Phi) is 2.38. The fraction of sp³-hybridized carbons (Fsp3) is 0.833. The lowest BCUT2D eigenvalue weighted by Gasteiger charge is -2.15. The predicted molar refractivity (Wildman–Crippen MR) is 29.8 cm³/mol. The third-order valence-corrected chi connectivity index (χ3v) is 0.707. The van der Waals surface area contributed by atoms with Crippen molar-refractivity contribution in [2.45, 2.75) is 26.7 Å². The Bertz CT molecular complexity index is 61.4. The van der Waals surface area contributed by atoms with Gasteiger partial charge >= 0.3 is 0 Å². The molecule has 0 aliphatic rings. The first-order valence-corrected chi connectivity index (χ1v) is 2.55. The molecular formula is C6H11F2. The molecule has 0 unspecified atom stereocenters. The second kappa shape index (κ2) is 2.42. The van der Waals surface area contributed by atoms with Gasteiger partial charge in [-0.3, -0.25) is 0 Å². The lowest BCUT2D eigenvalue weighted by Crippen LogP contribution is -2.10. The first kappa shape index (κ1) is 7.86. The molecule has 0 spiro atoms. The molecule has 2 heteroatoms. The van der Waals surface area contributed by atoms with Crippen LogP contribution in [0.25, 0.3) is 0 Å². The Morgan fingerprint density at radius 1 is 1.50 bits per heavy atom. The molecule has 0 aliphatic carbocycles. The van der Waals surface area contributed by atoms with Crippen LogP contribution in [-0.2, 0) is 0 Å². The SMILES string of the molecule is [CH2]C(C)(C)CC(F)F. The van der Waals surface area contributed by atoms with Crippen molar-refractivity contribution in [2.75, 3.05) is 0 Å². The Morgan fingerprint density at radius 3 is 1.88 bits per heavy atom. The smallest absolute Gasteiger partial charge is 0.211 e. The summed E-state index contributed by atoms with van der Waals surface area (Å²) in [6.45, 7) is 6.92. The van der Waals surface area contributed by atoms with E-state index in [1.807, 2.05) is 0 Å². The highest BCUT2D eigenvalue weighted by Gasteiger charge is 2.16. The summed E-state index contributed by atoms with van der Waals surface area (Å²) >= 11 is 0. The van der Waals surface area contributed by atoms with Crippen molar-refractivity contribution in [2.24, 2.45) is 5.41 Å². The maximum absolute atomic E-state index is 11.5. The zero-order valence-electron chi connectivity index (χ0n) is 5.25. The average molecular weight is 121 g/mol. The molecule has 0 nitrogen and oxygen atoms in total. The van der Waals surface area contributed by atoms with Crippen LogP contribution in [0.3, 0.4) is 0 Å². The molecule has 8 heavy (non-hydrogen) atoms. The van der Waals surface area contributed by atoms with Crippen molar-refractivity contribution < 1.29 is 8.78 Å². The molecule has 0 fully saturated rings. The molecule has 0 aromatic heterocycles. The third kappa shape index (κ3) is 5.86. The molecule has 49 valence electrons. The standard InChI is InChI=1S/C6H11F2/c1-6(2,3)4-5(7)8/h5H,1,4H2,2-3H3. The molecule has 0 aromatic carbocycles. The molecule has 0 saturated heterocycles. The highest BCUT2D eigenvalue weighted by molar-refractivity contribution is 4.70. The highest BCUT2D eigenvalue weighted by Crippen LogP contribution is 2.21. The van der Waals surface area contributed by atoms with E-state index in [9.17, 15) is 8.78 Å². The summed E-state index contributed by atoms with van der Waals surface area (Å²) in [4.78, 5) is 0. The van der Waals surface area contributed by atoms with Gasteiger partial charge in [-0.05, 0) is 12.3 Å². The van der Waals surface area contributed by atoms with Crippen molar-refractivity contribution in [3.8, 4) is 0 Å². The van der Waals surface area contributed by atoms with E-state index in [2.05, 4.69) is 6.92 Å². The van der Waals surface area contributed by atoms with Crippen LogP contribution in [0.1, 0.15) is 20.3 Å². The van der Waals surface area contributed by atoms with E-state index in [0.29, 0.717) is 0 Å². The van der Waals surface area contributed by atoms with Crippen LogP contribution >= 0.6 is 0 Å². The van der Waals surface area contributed by atoms with Crippen LogP contribution < -0.4 is 0 Å². The number of alkyl halides is 2.